The molecule has 0 unspecified atom stereocenters. The predicted octanol–water partition coefficient (Wildman–Crippen LogP) is 1.26. The minimum Gasteiger partial charge on any atom is -0.358 e. The Balaban J connectivity index is 2.46. The quantitative estimate of drug-likeness (QED) is 0.563. The molecule has 0 saturated heterocycles. The highest BCUT2D eigenvalue weighted by molar-refractivity contribution is 5.43. The summed E-state index contributed by atoms with van der Waals surface area (Å²) in [7, 11) is 0. The van der Waals surface area contributed by atoms with Gasteiger partial charge < -0.3 is 10.1 Å². The number of rotatable bonds is 2. The summed E-state index contributed by atoms with van der Waals surface area (Å²) in [6.45, 7) is 0. The zero-order chi connectivity index (χ0) is 10.2. The summed E-state index contributed by atoms with van der Waals surface area (Å²) >= 11 is 0. The normalized spacial score (nSPS) is 18.2. The summed E-state index contributed by atoms with van der Waals surface area (Å²) in [5.74, 6) is -0.147. The van der Waals surface area contributed by atoms with Crippen molar-refractivity contribution in [2.45, 2.75) is 24.7 Å². The van der Waals surface area contributed by atoms with Crippen molar-refractivity contribution in [2.24, 2.45) is 0 Å². The molecule has 1 N–H and O–H groups in total. The van der Waals surface area contributed by atoms with E-state index >= 15 is 0 Å². The van der Waals surface area contributed by atoms with Crippen LogP contribution in [0.1, 0.15) is 24.8 Å². The molecule has 0 spiro atoms. The first-order chi connectivity index (χ1) is 6.69. The average molecular weight is 192 g/mol. The molecule has 6 nitrogen and oxygen atoms in total. The number of nitriles is 1. The van der Waals surface area contributed by atoms with Gasteiger partial charge in [-0.2, -0.15) is 5.26 Å². The Labute approximate surface area is 79.7 Å². The fraction of sp³-hybridized carbons (Fsp3) is 0.500. The molecule has 1 aromatic rings. The number of aromatic amines is 1. The third-order valence-electron chi connectivity index (χ3n) is 2.74. The summed E-state index contributed by atoms with van der Waals surface area (Å²) in [6, 6.07) is 2.15. The van der Waals surface area contributed by atoms with Gasteiger partial charge >= 0.3 is 5.82 Å². The monoisotopic (exact) mass is 192 g/mol. The molecule has 1 aliphatic carbocycles. The largest absolute Gasteiger partial charge is 0.358 e. The molecule has 0 atom stereocenters. The van der Waals surface area contributed by atoms with Gasteiger partial charge in [0, 0.05) is 0 Å². The lowest BCUT2D eigenvalue weighted by molar-refractivity contribution is -0.390. The van der Waals surface area contributed by atoms with Crippen molar-refractivity contribution in [2.75, 3.05) is 0 Å². The number of nitrogens with one attached hydrogen (secondary N) is 1. The zero-order valence-electron chi connectivity index (χ0n) is 7.36. The highest BCUT2D eigenvalue weighted by atomic mass is 16.6. The molecule has 1 heterocycles. The van der Waals surface area contributed by atoms with E-state index in [1.165, 1.54) is 6.20 Å². The van der Waals surface area contributed by atoms with Gasteiger partial charge in [-0.25, -0.2) is 0 Å². The number of nitrogens with zero attached hydrogens (tertiary/aromatic N) is 3. The molecule has 0 radical (unpaired) electrons. The van der Waals surface area contributed by atoms with Crippen molar-refractivity contribution in [1.82, 2.24) is 10.2 Å². The van der Waals surface area contributed by atoms with Crippen LogP contribution in [0.4, 0.5) is 5.82 Å². The van der Waals surface area contributed by atoms with E-state index < -0.39 is 10.3 Å². The Morgan fingerprint density at radius 1 is 1.71 bits per heavy atom. The van der Waals surface area contributed by atoms with Crippen LogP contribution in [0.3, 0.4) is 0 Å². The Morgan fingerprint density at radius 2 is 2.43 bits per heavy atom. The van der Waals surface area contributed by atoms with E-state index in [-0.39, 0.29) is 5.82 Å². The van der Waals surface area contributed by atoms with Crippen LogP contribution in [0, 0.1) is 21.4 Å². The molecular weight excluding hydrogens is 184 g/mol. The lowest BCUT2D eigenvalue weighted by Crippen LogP contribution is -2.32. The van der Waals surface area contributed by atoms with Gasteiger partial charge in [0.15, 0.2) is 0 Å². The third-order valence-corrected chi connectivity index (χ3v) is 2.74. The maximum atomic E-state index is 10.6. The first-order valence-electron chi connectivity index (χ1n) is 4.29. The second-order valence-electron chi connectivity index (χ2n) is 3.44. The number of hydrogen-bond acceptors (Lipinski definition) is 4. The highest BCUT2D eigenvalue weighted by Crippen LogP contribution is 2.45. The van der Waals surface area contributed by atoms with E-state index in [2.05, 4.69) is 16.3 Å². The molecule has 1 aliphatic rings. The number of aromatic nitrogens is 2. The van der Waals surface area contributed by atoms with Crippen LogP contribution in [0.15, 0.2) is 6.20 Å². The molecule has 0 amide bonds. The van der Waals surface area contributed by atoms with Gasteiger partial charge in [-0.05, 0) is 24.2 Å². The first-order valence-corrected chi connectivity index (χ1v) is 4.29. The van der Waals surface area contributed by atoms with Crippen LogP contribution < -0.4 is 0 Å². The SMILES string of the molecule is N#CC1(c2cn[nH]c2[N+](=O)[O-])CCC1. The zero-order valence-corrected chi connectivity index (χ0v) is 7.36. The Bertz CT molecular complexity index is 413. The van der Waals surface area contributed by atoms with Gasteiger partial charge in [0.2, 0.25) is 0 Å². The highest BCUT2D eigenvalue weighted by Gasteiger charge is 2.44. The third kappa shape index (κ3) is 0.988. The lowest BCUT2D eigenvalue weighted by atomic mass is 9.66. The second kappa shape index (κ2) is 2.80. The van der Waals surface area contributed by atoms with Crippen LogP contribution in [0.25, 0.3) is 0 Å². The maximum absolute atomic E-state index is 10.6. The Hall–Kier alpha value is -1.90. The topological polar surface area (TPSA) is 95.6 Å². The Morgan fingerprint density at radius 3 is 2.86 bits per heavy atom. The van der Waals surface area contributed by atoms with Gasteiger partial charge in [-0.1, -0.05) is 5.10 Å². The second-order valence-corrected chi connectivity index (χ2v) is 3.44. The number of H-pyrrole nitrogens is 1. The fourth-order valence-electron chi connectivity index (χ4n) is 1.74. The van der Waals surface area contributed by atoms with Gasteiger partial charge in [0.05, 0.1) is 23.2 Å². The smallest absolute Gasteiger partial charge is 0.347 e. The molecule has 6 heteroatoms. The van der Waals surface area contributed by atoms with Crippen molar-refractivity contribution in [3.8, 4) is 6.07 Å². The minimum atomic E-state index is -0.671. The molecule has 0 bridgehead atoms. The molecule has 1 aromatic heterocycles. The lowest BCUT2D eigenvalue weighted by Gasteiger charge is -2.33. The molecular formula is C8H8N4O2. The van der Waals surface area contributed by atoms with Crippen molar-refractivity contribution in [3.63, 3.8) is 0 Å². The van der Waals surface area contributed by atoms with Gasteiger partial charge in [-0.15, -0.1) is 5.10 Å². The van der Waals surface area contributed by atoms with E-state index in [4.69, 9.17) is 5.26 Å². The van der Waals surface area contributed by atoms with E-state index in [0.29, 0.717) is 18.4 Å². The molecule has 14 heavy (non-hydrogen) atoms. The first kappa shape index (κ1) is 8.69. The van der Waals surface area contributed by atoms with Crippen LogP contribution >= 0.6 is 0 Å². The van der Waals surface area contributed by atoms with Crippen LogP contribution in [-0.4, -0.2) is 15.1 Å². The maximum Gasteiger partial charge on any atom is 0.347 e. The number of hydrogen-bond donors (Lipinski definition) is 1. The molecule has 0 aromatic carbocycles. The van der Waals surface area contributed by atoms with Crippen LogP contribution in [0.5, 0.6) is 0 Å². The van der Waals surface area contributed by atoms with Crippen LogP contribution in [0.2, 0.25) is 0 Å². The van der Waals surface area contributed by atoms with Gasteiger partial charge in [0.25, 0.3) is 0 Å². The molecule has 1 saturated carbocycles. The predicted molar refractivity (Wildman–Crippen MR) is 46.4 cm³/mol. The number of nitro groups is 1. The van der Waals surface area contributed by atoms with E-state index in [1.54, 1.807) is 0 Å². The molecule has 72 valence electrons. The van der Waals surface area contributed by atoms with Crippen molar-refractivity contribution in [1.29, 1.82) is 5.26 Å². The summed E-state index contributed by atoms with van der Waals surface area (Å²) in [5, 5.41) is 25.5. The standard InChI is InChI=1S/C8H8N4O2/c9-5-8(2-1-3-8)6-4-10-11-7(6)12(13)14/h4H,1-3H2,(H,10,11). The summed E-state index contributed by atoms with van der Waals surface area (Å²) in [5.41, 5.74) is -0.244. The summed E-state index contributed by atoms with van der Waals surface area (Å²) in [6.07, 6.45) is 3.70. The summed E-state index contributed by atoms with van der Waals surface area (Å²) < 4.78 is 0. The van der Waals surface area contributed by atoms with Crippen molar-refractivity contribution < 1.29 is 4.92 Å². The molecule has 1 fully saturated rings. The van der Waals surface area contributed by atoms with Crippen LogP contribution in [-0.2, 0) is 5.41 Å². The average Bonchev–Trinajstić information content (AvgIpc) is 2.52. The van der Waals surface area contributed by atoms with E-state index in [9.17, 15) is 10.1 Å². The summed E-state index contributed by atoms with van der Waals surface area (Å²) in [4.78, 5) is 10.1. The van der Waals surface area contributed by atoms with Crippen molar-refractivity contribution in [3.05, 3.63) is 21.9 Å². The van der Waals surface area contributed by atoms with E-state index in [1.807, 2.05) is 0 Å². The molecule has 0 aliphatic heterocycles. The van der Waals surface area contributed by atoms with Gasteiger partial charge in [0.1, 0.15) is 0 Å². The fourth-order valence-corrected chi connectivity index (χ4v) is 1.74. The van der Waals surface area contributed by atoms with Crippen molar-refractivity contribution >= 4 is 5.82 Å². The molecule has 2 rings (SSSR count). The van der Waals surface area contributed by atoms with E-state index in [0.717, 1.165) is 6.42 Å². The minimum absolute atomic E-state index is 0.147. The van der Waals surface area contributed by atoms with Gasteiger partial charge in [-0.3, -0.25) is 0 Å². The Kier molecular flexibility index (Phi) is 1.74.